The maximum absolute atomic E-state index is 12.8. The molecule has 7 heteroatoms. The molecular weight excluding hydrogens is 468 g/mol. The number of carbonyl (C=O) groups is 2. The molecule has 3 aromatic carbocycles. The molecule has 2 amide bonds. The Morgan fingerprint density at radius 2 is 1.93 bits per heavy atom. The van der Waals surface area contributed by atoms with Gasteiger partial charge in [-0.05, 0) is 61.0 Å². The smallest absolute Gasteiger partial charge is 0.268 e. The van der Waals surface area contributed by atoms with E-state index in [1.54, 1.807) is 54.3 Å². The zero-order valence-corrected chi connectivity index (χ0v) is 18.4. The van der Waals surface area contributed by atoms with Crippen molar-refractivity contribution >= 4 is 50.7 Å². The summed E-state index contributed by atoms with van der Waals surface area (Å²) >= 11 is 9.47. The van der Waals surface area contributed by atoms with Crippen molar-refractivity contribution < 1.29 is 14.3 Å². The predicted molar refractivity (Wildman–Crippen MR) is 121 cm³/mol. The quantitative estimate of drug-likeness (QED) is 0.518. The highest BCUT2D eigenvalue weighted by molar-refractivity contribution is 9.10. The Bertz CT molecular complexity index is 1130. The molecule has 0 aromatic heterocycles. The van der Waals surface area contributed by atoms with Crippen LogP contribution in [-0.2, 0) is 11.3 Å². The molecule has 3 aromatic rings. The van der Waals surface area contributed by atoms with Crippen LogP contribution < -0.4 is 15.0 Å². The number of nitrogens with one attached hydrogen (secondary N) is 1. The van der Waals surface area contributed by atoms with E-state index in [4.69, 9.17) is 16.3 Å². The molecular formula is C23H18BrClN2O3. The van der Waals surface area contributed by atoms with E-state index in [9.17, 15) is 9.59 Å². The molecule has 5 nitrogen and oxygen atoms in total. The van der Waals surface area contributed by atoms with Gasteiger partial charge in [-0.15, -0.1) is 0 Å². The van der Waals surface area contributed by atoms with Crippen LogP contribution in [0.3, 0.4) is 0 Å². The Morgan fingerprint density at radius 1 is 1.13 bits per heavy atom. The van der Waals surface area contributed by atoms with Gasteiger partial charge in [-0.2, -0.15) is 0 Å². The number of fused-ring (bicyclic) bond motifs is 1. The van der Waals surface area contributed by atoms with E-state index in [1.165, 1.54) is 0 Å². The van der Waals surface area contributed by atoms with Gasteiger partial charge in [0, 0.05) is 20.7 Å². The summed E-state index contributed by atoms with van der Waals surface area (Å²) in [5.74, 6) is 0.191. The molecule has 0 spiro atoms. The van der Waals surface area contributed by atoms with Gasteiger partial charge >= 0.3 is 0 Å². The molecule has 0 bridgehead atoms. The minimum Gasteiger partial charge on any atom is -0.479 e. The second kappa shape index (κ2) is 8.50. The van der Waals surface area contributed by atoms with Crippen LogP contribution in [0.1, 0.15) is 22.8 Å². The van der Waals surface area contributed by atoms with E-state index < -0.39 is 6.10 Å². The Morgan fingerprint density at radius 3 is 2.70 bits per heavy atom. The Kier molecular flexibility index (Phi) is 5.79. The Labute approximate surface area is 187 Å². The largest absolute Gasteiger partial charge is 0.479 e. The second-order valence-corrected chi connectivity index (χ2v) is 8.31. The third kappa shape index (κ3) is 4.35. The fraction of sp³-hybridized carbons (Fsp3) is 0.130. The first kappa shape index (κ1) is 20.4. The van der Waals surface area contributed by atoms with Gasteiger partial charge < -0.3 is 15.0 Å². The van der Waals surface area contributed by atoms with Gasteiger partial charge in [-0.3, -0.25) is 9.59 Å². The number of hydrogen-bond donors (Lipinski definition) is 1. The average molecular weight is 486 g/mol. The lowest BCUT2D eigenvalue weighted by atomic mass is 10.1. The van der Waals surface area contributed by atoms with Crippen molar-refractivity contribution in [2.24, 2.45) is 0 Å². The highest BCUT2D eigenvalue weighted by Crippen LogP contribution is 2.37. The number of hydrogen-bond acceptors (Lipinski definition) is 3. The first-order chi connectivity index (χ1) is 14.4. The summed E-state index contributed by atoms with van der Waals surface area (Å²) < 4.78 is 6.58. The van der Waals surface area contributed by atoms with Crippen LogP contribution in [0.2, 0.25) is 5.02 Å². The molecule has 30 heavy (non-hydrogen) atoms. The van der Waals surface area contributed by atoms with E-state index in [2.05, 4.69) is 21.2 Å². The van der Waals surface area contributed by atoms with Gasteiger partial charge in [-0.25, -0.2) is 0 Å². The topological polar surface area (TPSA) is 58.6 Å². The average Bonchev–Trinajstić information content (AvgIpc) is 2.72. The third-order valence-corrected chi connectivity index (χ3v) is 5.47. The number of nitrogens with zero attached hydrogens (tertiary/aromatic N) is 1. The first-order valence-corrected chi connectivity index (χ1v) is 10.5. The highest BCUT2D eigenvalue weighted by atomic mass is 79.9. The van der Waals surface area contributed by atoms with Crippen LogP contribution in [0, 0.1) is 0 Å². The van der Waals surface area contributed by atoms with Crippen LogP contribution in [-0.4, -0.2) is 17.9 Å². The van der Waals surface area contributed by atoms with Gasteiger partial charge in [0.2, 0.25) is 0 Å². The van der Waals surface area contributed by atoms with Gasteiger partial charge in [-0.1, -0.05) is 45.7 Å². The minimum absolute atomic E-state index is 0.155. The third-order valence-electron chi connectivity index (χ3n) is 4.74. The molecule has 4 rings (SSSR count). The molecule has 0 radical (unpaired) electrons. The molecule has 1 aliphatic heterocycles. The summed E-state index contributed by atoms with van der Waals surface area (Å²) in [5, 5.41) is 3.49. The summed E-state index contributed by atoms with van der Waals surface area (Å²) in [4.78, 5) is 27.1. The van der Waals surface area contributed by atoms with Crippen molar-refractivity contribution in [1.29, 1.82) is 0 Å². The Hall–Kier alpha value is -2.83. The summed E-state index contributed by atoms with van der Waals surface area (Å²) in [6, 6.07) is 19.8. The maximum Gasteiger partial charge on any atom is 0.268 e. The summed E-state index contributed by atoms with van der Waals surface area (Å²) in [7, 11) is 0. The fourth-order valence-electron chi connectivity index (χ4n) is 3.30. The van der Waals surface area contributed by atoms with Crippen LogP contribution in [0.25, 0.3) is 0 Å². The lowest BCUT2D eigenvalue weighted by molar-refractivity contribution is -0.125. The number of anilines is 2. The highest BCUT2D eigenvalue weighted by Gasteiger charge is 2.32. The second-order valence-electron chi connectivity index (χ2n) is 6.96. The number of carbonyl (C=O) groups excluding carboxylic acids is 2. The number of ether oxygens (including phenoxy) is 1. The normalized spacial score (nSPS) is 15.4. The summed E-state index contributed by atoms with van der Waals surface area (Å²) in [6.07, 6.45) is -0.598. The van der Waals surface area contributed by atoms with Crippen molar-refractivity contribution in [1.82, 2.24) is 0 Å². The molecule has 1 N–H and O–H groups in total. The van der Waals surface area contributed by atoms with Gasteiger partial charge in [0.25, 0.3) is 11.8 Å². The minimum atomic E-state index is -0.598. The molecule has 0 fully saturated rings. The van der Waals surface area contributed by atoms with Crippen LogP contribution in [0.5, 0.6) is 5.75 Å². The number of halogens is 2. The molecule has 0 saturated carbocycles. The standard InChI is InChI=1S/C23H18BrClN2O3/c1-14-23(29)27(13-15-4-2-7-18(25)10-15)20-12-19(8-9-21(20)30-14)26-22(28)16-5-3-6-17(24)11-16/h2-12,14H,13H2,1H3,(H,26,28). The molecule has 152 valence electrons. The molecule has 1 atom stereocenters. The summed E-state index contributed by atoms with van der Waals surface area (Å²) in [5.41, 5.74) is 2.60. The van der Waals surface area contributed by atoms with E-state index in [1.807, 2.05) is 24.3 Å². The van der Waals surface area contributed by atoms with Gasteiger partial charge in [0.1, 0.15) is 5.75 Å². The zero-order valence-electron chi connectivity index (χ0n) is 16.1. The van der Waals surface area contributed by atoms with Crippen molar-refractivity contribution in [3.8, 4) is 5.75 Å². The van der Waals surface area contributed by atoms with E-state index in [0.717, 1.165) is 10.0 Å². The fourth-order valence-corrected chi connectivity index (χ4v) is 3.91. The van der Waals surface area contributed by atoms with E-state index >= 15 is 0 Å². The lowest BCUT2D eigenvalue weighted by Crippen LogP contribution is -2.44. The number of amides is 2. The molecule has 1 heterocycles. The molecule has 1 aliphatic rings. The zero-order chi connectivity index (χ0) is 21.3. The number of rotatable bonds is 4. The van der Waals surface area contributed by atoms with Crippen molar-refractivity contribution in [3.63, 3.8) is 0 Å². The SMILES string of the molecule is CC1Oc2ccc(NC(=O)c3cccc(Br)c3)cc2N(Cc2cccc(Cl)c2)C1=O. The van der Waals surface area contributed by atoms with Crippen LogP contribution in [0.4, 0.5) is 11.4 Å². The van der Waals surface area contributed by atoms with Crippen LogP contribution in [0.15, 0.2) is 71.2 Å². The predicted octanol–water partition coefficient (Wildman–Crippen LogP) is 5.67. The van der Waals surface area contributed by atoms with E-state index in [0.29, 0.717) is 34.3 Å². The maximum atomic E-state index is 12.8. The number of benzene rings is 3. The first-order valence-electron chi connectivity index (χ1n) is 9.34. The van der Waals surface area contributed by atoms with E-state index in [-0.39, 0.29) is 11.8 Å². The Balaban J connectivity index is 1.64. The lowest BCUT2D eigenvalue weighted by Gasteiger charge is -2.33. The van der Waals surface area contributed by atoms with Crippen LogP contribution >= 0.6 is 27.5 Å². The van der Waals surface area contributed by atoms with Crippen molar-refractivity contribution in [2.75, 3.05) is 10.2 Å². The molecule has 0 saturated heterocycles. The van der Waals surface area contributed by atoms with Crippen molar-refractivity contribution in [2.45, 2.75) is 19.6 Å². The van der Waals surface area contributed by atoms with Crippen molar-refractivity contribution in [3.05, 3.63) is 87.4 Å². The monoisotopic (exact) mass is 484 g/mol. The summed E-state index contributed by atoms with van der Waals surface area (Å²) in [6.45, 7) is 2.07. The van der Waals surface area contributed by atoms with Gasteiger partial charge in [0.05, 0.1) is 12.2 Å². The van der Waals surface area contributed by atoms with Gasteiger partial charge in [0.15, 0.2) is 6.10 Å². The molecule has 1 unspecified atom stereocenters. The molecule has 0 aliphatic carbocycles.